The third kappa shape index (κ3) is 3.90. The number of likely N-dealkylation sites (N-methyl/N-ethyl adjacent to an activating group) is 1. The van der Waals surface area contributed by atoms with Gasteiger partial charge in [0.15, 0.2) is 11.5 Å². The van der Waals surface area contributed by atoms with Gasteiger partial charge in [0.1, 0.15) is 5.39 Å². The van der Waals surface area contributed by atoms with E-state index in [2.05, 4.69) is 61.2 Å². The number of anilines is 2. The molecule has 3 aromatic heterocycles. The second kappa shape index (κ2) is 8.09. The number of hydrogen-bond donors (Lipinski definition) is 1. The van der Waals surface area contributed by atoms with Gasteiger partial charge < -0.3 is 10.2 Å². The van der Waals surface area contributed by atoms with E-state index in [4.69, 9.17) is 10.1 Å². The third-order valence-electron chi connectivity index (χ3n) is 6.26. The van der Waals surface area contributed by atoms with Crippen molar-refractivity contribution in [2.75, 3.05) is 18.9 Å². The predicted octanol–water partition coefficient (Wildman–Crippen LogP) is 3.85. The van der Waals surface area contributed by atoms with Crippen LogP contribution in [-0.4, -0.2) is 47.6 Å². The molecule has 0 atom stereocenters. The minimum Gasteiger partial charge on any atom is -0.324 e. The van der Waals surface area contributed by atoms with Crippen LogP contribution in [0.5, 0.6) is 0 Å². The average molecular weight is 461 g/mol. The first-order chi connectivity index (χ1) is 16.1. The van der Waals surface area contributed by atoms with E-state index in [0.29, 0.717) is 22.8 Å². The summed E-state index contributed by atoms with van der Waals surface area (Å²) in [6.07, 6.45) is 4.56. The van der Waals surface area contributed by atoms with Crippen LogP contribution >= 0.6 is 0 Å². The highest BCUT2D eigenvalue weighted by molar-refractivity contribution is 5.77. The van der Waals surface area contributed by atoms with Gasteiger partial charge in [0.05, 0.1) is 5.54 Å². The topological polar surface area (TPSA) is 85.8 Å². The number of nitrogens with zero attached hydrogens (tertiary/aromatic N) is 7. The fourth-order valence-corrected chi connectivity index (χ4v) is 4.45. The van der Waals surface area contributed by atoms with Gasteiger partial charge in [-0.15, -0.1) is 0 Å². The average Bonchev–Trinajstić information content (AvgIpc) is 3.37. The number of fused-ring (bicyclic) bond motifs is 2. The van der Waals surface area contributed by atoms with E-state index in [9.17, 15) is 4.79 Å². The zero-order chi connectivity index (χ0) is 24.2. The Labute approximate surface area is 199 Å². The van der Waals surface area contributed by atoms with E-state index < -0.39 is 0 Å². The fourth-order valence-electron chi connectivity index (χ4n) is 4.45. The van der Waals surface area contributed by atoms with E-state index in [1.54, 1.807) is 15.6 Å². The van der Waals surface area contributed by atoms with E-state index in [1.807, 2.05) is 30.8 Å². The molecule has 0 amide bonds. The first kappa shape index (κ1) is 22.3. The van der Waals surface area contributed by atoms with Crippen LogP contribution in [0.15, 0.2) is 41.5 Å². The summed E-state index contributed by atoms with van der Waals surface area (Å²) in [5.41, 5.74) is 3.88. The lowest BCUT2D eigenvalue weighted by molar-refractivity contribution is 0.313. The Morgan fingerprint density at radius 2 is 1.91 bits per heavy atom. The smallest absolute Gasteiger partial charge is 0.278 e. The number of benzene rings is 1. The van der Waals surface area contributed by atoms with E-state index >= 15 is 0 Å². The summed E-state index contributed by atoms with van der Waals surface area (Å²) in [5.74, 6) is 1.10. The summed E-state index contributed by atoms with van der Waals surface area (Å²) < 4.78 is 5.39. The van der Waals surface area contributed by atoms with Crippen molar-refractivity contribution in [2.45, 2.75) is 59.2 Å². The largest absolute Gasteiger partial charge is 0.324 e. The lowest BCUT2D eigenvalue weighted by Gasteiger charge is -2.25. The number of nitrogens with one attached hydrogen (secondary N) is 1. The van der Waals surface area contributed by atoms with Crippen molar-refractivity contribution in [3.8, 4) is 5.82 Å². The molecule has 1 aliphatic heterocycles. The van der Waals surface area contributed by atoms with Crippen molar-refractivity contribution in [3.05, 3.63) is 58.1 Å². The van der Waals surface area contributed by atoms with Crippen LogP contribution in [0.2, 0.25) is 0 Å². The maximum absolute atomic E-state index is 13.2. The van der Waals surface area contributed by atoms with Crippen LogP contribution in [0.3, 0.4) is 0 Å². The number of rotatable bonds is 4. The van der Waals surface area contributed by atoms with Gasteiger partial charge >= 0.3 is 0 Å². The summed E-state index contributed by atoms with van der Waals surface area (Å²) in [5, 5.41) is 8.57. The Morgan fingerprint density at radius 3 is 2.62 bits per heavy atom. The van der Waals surface area contributed by atoms with Crippen LogP contribution < -0.4 is 10.9 Å². The molecule has 34 heavy (non-hydrogen) atoms. The summed E-state index contributed by atoms with van der Waals surface area (Å²) >= 11 is 0. The molecule has 4 heterocycles. The molecular formula is C25H32N8O. The Bertz CT molecular complexity index is 1420. The van der Waals surface area contributed by atoms with Crippen molar-refractivity contribution in [1.29, 1.82) is 0 Å². The lowest BCUT2D eigenvalue weighted by atomic mass is 9.99. The molecule has 9 heteroatoms. The van der Waals surface area contributed by atoms with E-state index in [1.165, 1.54) is 11.1 Å². The highest BCUT2D eigenvalue weighted by Gasteiger charge is 2.22. The van der Waals surface area contributed by atoms with E-state index in [0.717, 1.165) is 25.2 Å². The molecule has 5 rings (SSSR count). The molecule has 178 valence electrons. The predicted molar refractivity (Wildman–Crippen MR) is 134 cm³/mol. The summed E-state index contributed by atoms with van der Waals surface area (Å²) in [7, 11) is 2.14. The van der Waals surface area contributed by atoms with Crippen LogP contribution in [0, 0.1) is 0 Å². The minimum atomic E-state index is -0.173. The van der Waals surface area contributed by atoms with Gasteiger partial charge in [0.2, 0.25) is 5.95 Å². The van der Waals surface area contributed by atoms with Gasteiger partial charge in [-0.3, -0.25) is 9.48 Å². The van der Waals surface area contributed by atoms with Gasteiger partial charge in [-0.25, -0.2) is 14.3 Å². The second-order valence-electron chi connectivity index (χ2n) is 10.4. The van der Waals surface area contributed by atoms with Gasteiger partial charge in [-0.05, 0) is 71.3 Å². The molecule has 0 unspecified atom stereocenters. The maximum Gasteiger partial charge on any atom is 0.278 e. The van der Waals surface area contributed by atoms with Crippen molar-refractivity contribution < 1.29 is 0 Å². The highest BCUT2D eigenvalue weighted by Crippen LogP contribution is 2.25. The Morgan fingerprint density at radius 1 is 1.12 bits per heavy atom. The van der Waals surface area contributed by atoms with Crippen LogP contribution in [0.1, 0.15) is 51.8 Å². The summed E-state index contributed by atoms with van der Waals surface area (Å²) in [4.78, 5) is 24.8. The molecule has 0 saturated carbocycles. The molecular weight excluding hydrogens is 428 g/mol. The first-order valence-electron chi connectivity index (χ1n) is 11.8. The zero-order valence-corrected chi connectivity index (χ0v) is 20.7. The van der Waals surface area contributed by atoms with Crippen LogP contribution in [0.4, 0.5) is 11.6 Å². The summed E-state index contributed by atoms with van der Waals surface area (Å²) in [6, 6.07) is 8.24. The molecule has 1 N–H and O–H groups in total. The van der Waals surface area contributed by atoms with Gasteiger partial charge in [0.25, 0.3) is 5.56 Å². The third-order valence-corrected chi connectivity index (χ3v) is 6.26. The normalized spacial score (nSPS) is 14.7. The molecule has 4 aromatic rings. The molecule has 0 radical (unpaired) electrons. The standard InChI is InChI=1S/C25H32N8O/c1-16(2)32-23(34)20-14-26-24(27-19-8-7-18-15-30(6)11-9-17(18)13-19)28-22(20)33(32)21-10-12-31(29-21)25(3,4)5/h7-8,10,12-14,16H,9,11,15H2,1-6H3,(H,26,27,28). The second-order valence-corrected chi connectivity index (χ2v) is 10.4. The van der Waals surface area contributed by atoms with Crippen molar-refractivity contribution in [3.63, 3.8) is 0 Å². The lowest BCUT2D eigenvalue weighted by Crippen LogP contribution is -2.26. The minimum absolute atomic E-state index is 0.0725. The number of aromatic nitrogens is 6. The molecule has 1 aromatic carbocycles. The highest BCUT2D eigenvalue weighted by atomic mass is 16.1. The molecule has 0 fully saturated rings. The molecule has 1 aliphatic rings. The quantitative estimate of drug-likeness (QED) is 0.498. The van der Waals surface area contributed by atoms with Crippen LogP contribution in [0.25, 0.3) is 16.9 Å². The Balaban J connectivity index is 1.58. The molecule has 0 aliphatic carbocycles. The monoisotopic (exact) mass is 460 g/mol. The number of hydrogen-bond acceptors (Lipinski definition) is 6. The van der Waals surface area contributed by atoms with Gasteiger partial charge in [0, 0.05) is 43.3 Å². The van der Waals surface area contributed by atoms with Crippen molar-refractivity contribution in [1.82, 2.24) is 34.0 Å². The van der Waals surface area contributed by atoms with Gasteiger partial charge in [-0.2, -0.15) is 10.1 Å². The molecule has 0 saturated heterocycles. The Hall–Kier alpha value is -3.46. The SMILES string of the molecule is CC(C)n1c(=O)c2cnc(Nc3ccc4c(c3)CCN(C)C4)nc2n1-c1ccn(C(C)(C)C)n1. The maximum atomic E-state index is 13.2. The molecule has 0 bridgehead atoms. The van der Waals surface area contributed by atoms with Gasteiger partial charge in [-0.1, -0.05) is 6.07 Å². The van der Waals surface area contributed by atoms with Crippen LogP contribution in [-0.2, 0) is 18.5 Å². The first-order valence-corrected chi connectivity index (χ1v) is 11.8. The molecule has 9 nitrogen and oxygen atoms in total. The fraction of sp³-hybridized carbons (Fsp3) is 0.440. The Kier molecular flexibility index (Phi) is 5.31. The van der Waals surface area contributed by atoms with Crippen molar-refractivity contribution in [2.24, 2.45) is 0 Å². The van der Waals surface area contributed by atoms with Crippen molar-refractivity contribution >= 4 is 22.7 Å². The van der Waals surface area contributed by atoms with E-state index in [-0.39, 0.29) is 17.1 Å². The molecule has 0 spiro atoms. The zero-order valence-electron chi connectivity index (χ0n) is 20.7. The summed E-state index contributed by atoms with van der Waals surface area (Å²) in [6.45, 7) is 12.3.